The fraction of sp³-hybridized carbons (Fsp3) is 0.250. The molecule has 0 radical (unpaired) electrons. The van der Waals surface area contributed by atoms with E-state index in [1.165, 1.54) is 12.1 Å². The van der Waals surface area contributed by atoms with Crippen molar-refractivity contribution in [3.63, 3.8) is 0 Å². The van der Waals surface area contributed by atoms with Crippen LogP contribution >= 0.6 is 0 Å². The van der Waals surface area contributed by atoms with Gasteiger partial charge in [-0.15, -0.1) is 0 Å². The molecule has 0 aliphatic heterocycles. The summed E-state index contributed by atoms with van der Waals surface area (Å²) in [6.45, 7) is 1.85. The summed E-state index contributed by atoms with van der Waals surface area (Å²) in [5.74, 6) is 1.15. The molecular weight excluding hydrogens is 428 g/mol. The molecule has 1 heterocycles. The second-order valence-corrected chi connectivity index (χ2v) is 10.7. The summed E-state index contributed by atoms with van der Waals surface area (Å²) in [5.41, 5.74) is 1.89. The molecule has 160 valence electrons. The van der Waals surface area contributed by atoms with Crippen LogP contribution in [0.15, 0.2) is 42.5 Å². The Bertz CT molecular complexity index is 1300. The number of sulfonamides is 2. The Morgan fingerprint density at radius 3 is 2.03 bits per heavy atom. The molecule has 0 amide bonds. The molecule has 0 spiro atoms. The minimum atomic E-state index is -4.04. The average Bonchev–Trinajstić information content (AvgIpc) is 2.64. The maximum atomic E-state index is 12.1. The van der Waals surface area contributed by atoms with Crippen molar-refractivity contribution >= 4 is 36.5 Å². The first-order valence-electron chi connectivity index (χ1n) is 8.80. The van der Waals surface area contributed by atoms with Crippen LogP contribution in [0.3, 0.4) is 0 Å². The lowest BCUT2D eigenvalue weighted by atomic mass is 10.0. The minimum absolute atomic E-state index is 0.0179. The SMILES string of the molecule is COc1cc2cc(-c3cccc(N(S(C)(=O)=O)S(C)(=O)=O)c3)nc(C)c2cc1OC. The molecule has 3 aromatic rings. The van der Waals surface area contributed by atoms with Crippen molar-refractivity contribution in [2.24, 2.45) is 0 Å². The van der Waals surface area contributed by atoms with Crippen molar-refractivity contribution in [2.75, 3.05) is 30.4 Å². The number of hydrogen-bond donors (Lipinski definition) is 0. The highest BCUT2D eigenvalue weighted by Crippen LogP contribution is 2.35. The molecule has 2 aromatic carbocycles. The molecule has 0 aliphatic carbocycles. The highest BCUT2D eigenvalue weighted by Gasteiger charge is 2.27. The third kappa shape index (κ3) is 4.19. The second-order valence-electron chi connectivity index (χ2n) is 6.79. The maximum Gasteiger partial charge on any atom is 0.245 e. The van der Waals surface area contributed by atoms with E-state index in [4.69, 9.17) is 9.47 Å². The van der Waals surface area contributed by atoms with Crippen LogP contribution in [0.25, 0.3) is 22.0 Å². The molecule has 0 saturated carbocycles. The maximum absolute atomic E-state index is 12.1. The summed E-state index contributed by atoms with van der Waals surface area (Å²) in [5, 5.41) is 1.73. The van der Waals surface area contributed by atoms with Crippen LogP contribution in [0.5, 0.6) is 11.5 Å². The lowest BCUT2D eigenvalue weighted by molar-refractivity contribution is 0.356. The third-order valence-electron chi connectivity index (χ3n) is 4.48. The molecule has 0 atom stereocenters. The smallest absolute Gasteiger partial charge is 0.245 e. The van der Waals surface area contributed by atoms with Gasteiger partial charge in [-0.2, -0.15) is 3.71 Å². The predicted molar refractivity (Wildman–Crippen MR) is 117 cm³/mol. The Morgan fingerprint density at radius 2 is 1.47 bits per heavy atom. The van der Waals surface area contributed by atoms with Crippen LogP contribution in [0.4, 0.5) is 5.69 Å². The number of aryl methyl sites for hydroxylation is 1. The number of methoxy groups -OCH3 is 2. The van der Waals surface area contributed by atoms with Gasteiger partial charge in [0.15, 0.2) is 11.5 Å². The first-order valence-corrected chi connectivity index (χ1v) is 12.5. The highest BCUT2D eigenvalue weighted by atomic mass is 32.3. The lowest BCUT2D eigenvalue weighted by Gasteiger charge is -2.20. The Hall–Kier alpha value is -2.85. The van der Waals surface area contributed by atoms with Crippen LogP contribution in [0.1, 0.15) is 5.69 Å². The normalized spacial score (nSPS) is 12.0. The molecule has 0 fully saturated rings. The van der Waals surface area contributed by atoms with E-state index in [2.05, 4.69) is 4.98 Å². The van der Waals surface area contributed by atoms with E-state index in [0.717, 1.165) is 29.0 Å². The fourth-order valence-corrected chi connectivity index (χ4v) is 6.26. The number of nitrogens with zero attached hydrogens (tertiary/aromatic N) is 2. The number of anilines is 1. The van der Waals surface area contributed by atoms with Crippen LogP contribution < -0.4 is 13.2 Å². The van der Waals surface area contributed by atoms with E-state index in [1.54, 1.807) is 26.4 Å². The Kier molecular flexibility index (Phi) is 5.66. The Balaban J connectivity index is 2.20. The molecule has 30 heavy (non-hydrogen) atoms. The number of hydrogen-bond acceptors (Lipinski definition) is 7. The monoisotopic (exact) mass is 450 g/mol. The Morgan fingerprint density at radius 1 is 0.867 bits per heavy atom. The Labute approximate surface area is 176 Å². The third-order valence-corrected chi connectivity index (χ3v) is 7.73. The average molecular weight is 451 g/mol. The zero-order valence-corrected chi connectivity index (χ0v) is 18.8. The second kappa shape index (κ2) is 7.77. The highest BCUT2D eigenvalue weighted by molar-refractivity contribution is 8.09. The van der Waals surface area contributed by atoms with E-state index in [9.17, 15) is 16.8 Å². The summed E-state index contributed by atoms with van der Waals surface area (Å²) >= 11 is 0. The van der Waals surface area contributed by atoms with Gasteiger partial charge in [0.25, 0.3) is 0 Å². The van der Waals surface area contributed by atoms with E-state index >= 15 is 0 Å². The van der Waals surface area contributed by atoms with Gasteiger partial charge in [0.2, 0.25) is 20.0 Å². The van der Waals surface area contributed by atoms with E-state index in [1.807, 2.05) is 25.1 Å². The summed E-state index contributed by atoms with van der Waals surface area (Å²) in [6.07, 6.45) is 1.69. The summed E-state index contributed by atoms with van der Waals surface area (Å²) in [6, 6.07) is 11.7. The van der Waals surface area contributed by atoms with Crippen molar-refractivity contribution < 1.29 is 26.3 Å². The largest absolute Gasteiger partial charge is 0.493 e. The van der Waals surface area contributed by atoms with Gasteiger partial charge in [-0.3, -0.25) is 4.98 Å². The molecule has 1 aromatic heterocycles. The molecule has 3 rings (SSSR count). The first kappa shape index (κ1) is 21.8. The van der Waals surface area contributed by atoms with Gasteiger partial charge in [0.05, 0.1) is 38.1 Å². The molecule has 0 N–H and O–H groups in total. The first-order chi connectivity index (χ1) is 14.0. The van der Waals surface area contributed by atoms with Crippen LogP contribution in [-0.2, 0) is 20.0 Å². The lowest BCUT2D eigenvalue weighted by Crippen LogP contribution is -2.35. The summed E-state index contributed by atoms with van der Waals surface area (Å²) in [4.78, 5) is 4.61. The number of rotatable bonds is 6. The fourth-order valence-electron chi connectivity index (χ4n) is 3.30. The van der Waals surface area contributed by atoms with E-state index < -0.39 is 20.0 Å². The summed E-state index contributed by atoms with van der Waals surface area (Å²) in [7, 11) is -4.97. The minimum Gasteiger partial charge on any atom is -0.493 e. The van der Waals surface area contributed by atoms with Crippen molar-refractivity contribution in [2.45, 2.75) is 6.92 Å². The molecular formula is C20H22N2O6S2. The van der Waals surface area contributed by atoms with Crippen LogP contribution in [-0.4, -0.2) is 48.6 Å². The van der Waals surface area contributed by atoms with E-state index in [0.29, 0.717) is 26.5 Å². The van der Waals surface area contributed by atoms with Crippen molar-refractivity contribution in [1.82, 2.24) is 4.98 Å². The van der Waals surface area contributed by atoms with Crippen molar-refractivity contribution in [3.8, 4) is 22.8 Å². The summed E-state index contributed by atoms with van der Waals surface area (Å²) < 4.78 is 59.5. The van der Waals surface area contributed by atoms with Crippen LogP contribution in [0.2, 0.25) is 0 Å². The zero-order valence-electron chi connectivity index (χ0n) is 17.2. The van der Waals surface area contributed by atoms with Gasteiger partial charge in [-0.05, 0) is 42.6 Å². The topological polar surface area (TPSA) is 103 Å². The van der Waals surface area contributed by atoms with Crippen molar-refractivity contribution in [3.05, 3.63) is 48.2 Å². The number of ether oxygens (including phenoxy) is 2. The number of pyridine rings is 1. The molecule has 10 heteroatoms. The molecule has 0 unspecified atom stereocenters. The van der Waals surface area contributed by atoms with Crippen LogP contribution in [0, 0.1) is 6.92 Å². The van der Waals surface area contributed by atoms with Gasteiger partial charge in [-0.1, -0.05) is 12.1 Å². The number of benzene rings is 2. The van der Waals surface area contributed by atoms with E-state index in [-0.39, 0.29) is 5.69 Å². The van der Waals surface area contributed by atoms with Gasteiger partial charge in [0, 0.05) is 16.6 Å². The van der Waals surface area contributed by atoms with Gasteiger partial charge in [0.1, 0.15) is 0 Å². The zero-order chi connectivity index (χ0) is 22.3. The molecule has 0 saturated heterocycles. The predicted octanol–water partition coefficient (Wildman–Crippen LogP) is 2.95. The van der Waals surface area contributed by atoms with Gasteiger partial charge in [-0.25, -0.2) is 16.8 Å². The van der Waals surface area contributed by atoms with Crippen molar-refractivity contribution in [1.29, 1.82) is 0 Å². The molecule has 0 bridgehead atoms. The number of fused-ring (bicyclic) bond motifs is 1. The standard InChI is InChI=1S/C20H22N2O6S2/c1-13-17-12-20(28-3)19(27-2)11-15(17)10-18(21-13)14-7-6-8-16(9-14)22(29(4,23)24)30(5,25)26/h6-12H,1-5H3. The molecule has 8 nitrogen and oxygen atoms in total. The van der Waals surface area contributed by atoms with Gasteiger partial charge < -0.3 is 9.47 Å². The quantitative estimate of drug-likeness (QED) is 0.569. The number of aromatic nitrogens is 1. The molecule has 0 aliphatic rings. The van der Waals surface area contributed by atoms with Gasteiger partial charge >= 0.3 is 0 Å².